The van der Waals surface area contributed by atoms with Crippen molar-refractivity contribution in [2.75, 3.05) is 53.5 Å². The van der Waals surface area contributed by atoms with Crippen LogP contribution in [-0.4, -0.2) is 181 Å². The fraction of sp³-hybridized carbons (Fsp3) is 0.378. The number of aromatic hydroxyl groups is 4. The Morgan fingerprint density at radius 1 is 0.388 bits per heavy atom. The van der Waals surface area contributed by atoms with Crippen molar-refractivity contribution in [1.82, 2.24) is 32.6 Å². The van der Waals surface area contributed by atoms with Gasteiger partial charge in [0.1, 0.15) is 28.7 Å². The molecule has 5 unspecified atom stereocenters. The molecule has 4 aromatic carbocycles. The fourth-order valence-electron chi connectivity index (χ4n) is 10.9. The average molecular weight is 2020 g/mol. The van der Waals surface area contributed by atoms with Crippen LogP contribution in [0.4, 0.5) is 0 Å². The number of benzene rings is 4. The predicted octanol–water partition coefficient (Wildman–Crippen LogP) is 11.6. The molecule has 8 aliphatic heterocycles. The zero-order chi connectivity index (χ0) is 79.1. The van der Waals surface area contributed by atoms with Crippen molar-refractivity contribution < 1.29 is 237 Å². The summed E-state index contributed by atoms with van der Waals surface area (Å²) in [6.45, 7) is 5.09. The normalized spacial score (nSPS) is 18.4. The minimum absolute atomic E-state index is 0. The maximum Gasteiger partial charge on any atom is 0.278 e. The van der Waals surface area contributed by atoms with Crippen LogP contribution in [0.1, 0.15) is 138 Å². The van der Waals surface area contributed by atoms with Gasteiger partial charge in [0.25, 0.3) is 23.6 Å². The first-order valence-corrected chi connectivity index (χ1v) is 34.6. The van der Waals surface area contributed by atoms with E-state index in [0.29, 0.717) is 29.3 Å². The summed E-state index contributed by atoms with van der Waals surface area (Å²) in [5, 5.41) is 147. The van der Waals surface area contributed by atoms with E-state index in [2.05, 4.69) is 63.2 Å². The van der Waals surface area contributed by atoms with Crippen molar-refractivity contribution in [3.8, 4) is 23.0 Å². The van der Waals surface area contributed by atoms with Crippen LogP contribution in [-0.2, 0) is 156 Å². The third-order valence-electron chi connectivity index (χ3n) is 16.2. The zero-order valence-corrected chi connectivity index (χ0v) is 89.5. The number of phenols is 4. The first kappa shape index (κ1) is 121. The van der Waals surface area contributed by atoms with Crippen molar-refractivity contribution in [2.45, 2.75) is 127 Å². The van der Waals surface area contributed by atoms with Crippen LogP contribution in [0.3, 0.4) is 0 Å². The molecular formula is C74H98N16O18Zn8-6. The van der Waals surface area contributed by atoms with E-state index in [0.717, 1.165) is 109 Å². The number of rotatable bonds is 12. The number of piperidine rings is 5. The quantitative estimate of drug-likeness (QED) is 0.0156. The van der Waals surface area contributed by atoms with Crippen LogP contribution in [0, 0.1) is 9.81 Å². The Kier molecular flexibility index (Phi) is 78.3. The number of hydrogen-bond acceptors (Lipinski definition) is 24. The number of carbonyl (C=O) groups excluding carboxylic acids is 4. The van der Waals surface area contributed by atoms with E-state index in [1.54, 1.807) is 73.1 Å². The van der Waals surface area contributed by atoms with E-state index in [1.165, 1.54) is 122 Å². The van der Waals surface area contributed by atoms with E-state index >= 15 is 0 Å². The van der Waals surface area contributed by atoms with Gasteiger partial charge < -0.3 is 83.6 Å². The summed E-state index contributed by atoms with van der Waals surface area (Å²) in [4.78, 5) is 64.5. The summed E-state index contributed by atoms with van der Waals surface area (Å²) in [6.07, 6.45) is 37.0. The molecule has 0 spiro atoms. The van der Waals surface area contributed by atoms with E-state index < -0.39 is 23.6 Å². The van der Waals surface area contributed by atoms with Crippen LogP contribution in [0.15, 0.2) is 213 Å². The Bertz CT molecular complexity index is 3410. The van der Waals surface area contributed by atoms with Crippen molar-refractivity contribution in [3.05, 3.63) is 257 Å². The molecule has 0 radical (unpaired) electrons. The molecule has 4 amide bonds. The van der Waals surface area contributed by atoms with Gasteiger partial charge in [0.2, 0.25) is 0 Å². The molecule has 116 heavy (non-hydrogen) atoms. The number of allylic oxidation sites excluding steroid dienone is 8. The first-order chi connectivity index (χ1) is 52.7. The summed E-state index contributed by atoms with van der Waals surface area (Å²) in [5.74, 6) is -3.49. The summed E-state index contributed by atoms with van der Waals surface area (Å²) >= 11 is 0. The Balaban J connectivity index is -0.000000294. The number of nitroso groups, excluding NO2 is 2. The van der Waals surface area contributed by atoms with Gasteiger partial charge in [-0.2, -0.15) is 0 Å². The second kappa shape index (κ2) is 75.2. The standard InChI is InChI=1S/2C11H19N3O.C11H14N3O.C11H10N3O.4C7H7NO3.2CH4O.8Zn/c4*15-14-11(9-5-1-3-7-12-9)10-6-2-4-8-13-10;4*9-6-4-2-1-3-5(6)7(10)8-11;2*1-2;;;;;;;;/h2*9-10,15H,1-8H2;1,3,5,7,10,12H,2,4,6,8H2;1-7,12H,8H2;4*1-4,9,11H,(H,8,10);2*2H,1H3;;;;;;;;/q2*-2;2*-1;;;;;;;;;;;;;;. The summed E-state index contributed by atoms with van der Waals surface area (Å²) in [5.41, 5.74) is 10.5. The van der Waals surface area contributed by atoms with Crippen LogP contribution >= 0.6 is 0 Å². The molecule has 42 heteroatoms. The second-order valence-electron chi connectivity index (χ2n) is 23.3. The number of phenolic OH excluding ortho intramolecular Hbond substituents is 4. The van der Waals surface area contributed by atoms with Gasteiger partial charge in [-0.3, -0.25) is 40.0 Å². The third-order valence-corrected chi connectivity index (χ3v) is 16.2. The molecule has 5 atom stereocenters. The van der Waals surface area contributed by atoms with Gasteiger partial charge in [0, 0.05) is 194 Å². The molecule has 8 heterocycles. The minimum atomic E-state index is -0.719. The van der Waals surface area contributed by atoms with Gasteiger partial charge in [-0.05, 0) is 83.2 Å². The Labute approximate surface area is 777 Å². The number of nitrogens with zero attached hydrogens (tertiary/aromatic N) is 10. The Hall–Kier alpha value is -6.03. The van der Waals surface area contributed by atoms with E-state index in [4.69, 9.17) is 61.9 Å². The van der Waals surface area contributed by atoms with Crippen LogP contribution in [0.25, 0.3) is 31.9 Å². The predicted molar refractivity (Wildman–Crippen MR) is 407 cm³/mol. The van der Waals surface area contributed by atoms with E-state index in [1.807, 2.05) is 42.5 Å². The van der Waals surface area contributed by atoms with Gasteiger partial charge in [-0.1, -0.05) is 199 Å². The summed E-state index contributed by atoms with van der Waals surface area (Å²) in [7, 11) is 2.00. The molecule has 34 nitrogen and oxygen atoms in total. The van der Waals surface area contributed by atoms with Crippen molar-refractivity contribution in [2.24, 2.45) is 20.7 Å². The SMILES string of the molecule is CO.CO.O=C(NO)c1ccccc1O.O=C(NO)c1ccccc1O.O=C(NO)c1ccccc1O.O=C(NO)c1ccccc1O.O=NC(=C1C=CC=CN1)C1CCCC[N-]1.O=NC(C1=CC=CC[N-]1)=C1C=CC=CN1.ON=C(C1CCCC[N-]1)C1CCCC[N-]1.ON=C(C1CCCC[N-]1)C1CCCC[N-]1.[Zn].[Zn].[Zn].[Zn].[Zn].[Zn].[Zn].[Zn]. The van der Waals surface area contributed by atoms with E-state index in [9.17, 15) is 29.0 Å². The number of oxime groups is 2. The monoisotopic (exact) mass is 2010 g/mol. The summed E-state index contributed by atoms with van der Waals surface area (Å²) in [6, 6.07) is 24.3. The smallest absolute Gasteiger partial charge is 0.278 e. The molecule has 0 aliphatic carbocycles. The molecule has 4 aromatic rings. The third kappa shape index (κ3) is 44.8. The van der Waals surface area contributed by atoms with Gasteiger partial charge in [-0.15, -0.1) is 71.2 Å². The molecule has 18 N–H and O–H groups in total. The molecule has 5 saturated heterocycles. The number of aliphatic hydroxyl groups excluding tert-OH is 2. The second-order valence-corrected chi connectivity index (χ2v) is 23.3. The molecule has 5 fully saturated rings. The molecule has 8 aliphatic rings. The van der Waals surface area contributed by atoms with Gasteiger partial charge in [-0.25, -0.2) is 21.9 Å². The number of hydroxylamine groups is 4. The van der Waals surface area contributed by atoms with Crippen LogP contribution < -0.4 is 32.6 Å². The molecule has 12 rings (SSSR count). The zero-order valence-electron chi connectivity index (χ0n) is 65.8. The van der Waals surface area contributed by atoms with Crippen LogP contribution in [0.2, 0.25) is 0 Å². The van der Waals surface area contributed by atoms with Gasteiger partial charge in [0.05, 0.1) is 39.3 Å². The minimum Gasteiger partial charge on any atom is -0.679 e. The topological polar surface area (TPSA) is 551 Å². The number of carbonyl (C=O) groups is 4. The largest absolute Gasteiger partial charge is 0.679 e. The van der Waals surface area contributed by atoms with Gasteiger partial charge in [0.15, 0.2) is 0 Å². The molecule has 0 aromatic heterocycles. The maximum absolute atomic E-state index is 10.8. The Morgan fingerprint density at radius 2 is 0.672 bits per heavy atom. The molecule has 0 bridgehead atoms. The molecule has 604 valence electrons. The fourth-order valence-corrected chi connectivity index (χ4v) is 10.9. The number of dihydropyridines is 2. The number of aliphatic hydroxyl groups is 2. The molecular weight excluding hydrogens is 1920 g/mol. The maximum atomic E-state index is 10.8. The number of para-hydroxylation sites is 4. The first-order valence-electron chi connectivity index (χ1n) is 34.6. The van der Waals surface area contributed by atoms with E-state index in [-0.39, 0.29) is 231 Å². The van der Waals surface area contributed by atoms with Crippen molar-refractivity contribution in [3.63, 3.8) is 0 Å². The van der Waals surface area contributed by atoms with Crippen molar-refractivity contribution in [1.29, 1.82) is 0 Å². The van der Waals surface area contributed by atoms with Gasteiger partial charge >= 0.3 is 0 Å². The molecule has 0 saturated carbocycles. The number of amides is 4. The Morgan fingerprint density at radius 3 is 0.888 bits per heavy atom. The number of hydrogen-bond donors (Lipinski definition) is 18. The number of nitrogens with one attached hydrogen (secondary N) is 6. The average Bonchev–Trinajstić information content (AvgIpc) is 0.850. The van der Waals surface area contributed by atoms with Crippen molar-refractivity contribution >= 4 is 35.1 Å². The summed E-state index contributed by atoms with van der Waals surface area (Å²) < 4.78 is 0. The van der Waals surface area contributed by atoms with Crippen LogP contribution in [0.5, 0.6) is 23.0 Å².